The lowest BCUT2D eigenvalue weighted by atomic mass is 10.1. The molecule has 199 valence electrons. The fourth-order valence-electron chi connectivity index (χ4n) is 4.47. The highest BCUT2D eigenvalue weighted by atomic mass is 16.5. The van der Waals surface area contributed by atoms with Crippen molar-refractivity contribution in [1.82, 2.24) is 0 Å². The topological polar surface area (TPSA) is 18.5 Å². The zero-order chi connectivity index (χ0) is 23.9. The monoisotopic (exact) mass is 467 g/mol. The van der Waals surface area contributed by atoms with Crippen molar-refractivity contribution in [3.8, 4) is 0 Å². The van der Waals surface area contributed by atoms with E-state index in [1.165, 1.54) is 154 Å². The summed E-state index contributed by atoms with van der Waals surface area (Å²) in [5.41, 5.74) is 0. The number of hydrogen-bond acceptors (Lipinski definition) is 2. The number of rotatable bonds is 30. The Hall–Kier alpha value is -0.0800. The van der Waals surface area contributed by atoms with Crippen LogP contribution in [0, 0.1) is 6.42 Å². The van der Waals surface area contributed by atoms with E-state index >= 15 is 0 Å². The molecule has 0 N–H and O–H groups in total. The molecule has 0 heterocycles. The van der Waals surface area contributed by atoms with Crippen LogP contribution in [-0.2, 0) is 9.47 Å². The summed E-state index contributed by atoms with van der Waals surface area (Å²) < 4.78 is 11.4. The zero-order valence-electron chi connectivity index (χ0n) is 23.2. The average Bonchev–Trinajstić information content (AvgIpc) is 2.83. The van der Waals surface area contributed by atoms with Crippen molar-refractivity contribution in [2.24, 2.45) is 0 Å². The number of hydrogen-bond donors (Lipinski definition) is 0. The molecule has 0 aromatic heterocycles. The van der Waals surface area contributed by atoms with Gasteiger partial charge in [0, 0.05) is 19.6 Å². The first-order valence-electron chi connectivity index (χ1n) is 15.4. The van der Waals surface area contributed by atoms with Crippen molar-refractivity contribution < 1.29 is 9.47 Å². The van der Waals surface area contributed by atoms with E-state index in [0.29, 0.717) is 0 Å². The Balaban J connectivity index is 2.99. The van der Waals surface area contributed by atoms with Gasteiger partial charge >= 0.3 is 0 Å². The van der Waals surface area contributed by atoms with Gasteiger partial charge in [-0.2, -0.15) is 0 Å². The molecule has 0 aliphatic rings. The van der Waals surface area contributed by atoms with Crippen molar-refractivity contribution in [3.05, 3.63) is 6.42 Å². The molecule has 0 aliphatic heterocycles. The molecule has 0 bridgehead atoms. The molecule has 0 unspecified atom stereocenters. The molecule has 0 saturated heterocycles. The van der Waals surface area contributed by atoms with E-state index in [1.54, 1.807) is 0 Å². The molecule has 0 saturated carbocycles. The van der Waals surface area contributed by atoms with Crippen LogP contribution >= 0.6 is 0 Å². The minimum absolute atomic E-state index is 0.747. The van der Waals surface area contributed by atoms with Gasteiger partial charge in [-0.05, 0) is 12.8 Å². The molecule has 0 rings (SSSR count). The Morgan fingerprint density at radius 2 is 0.576 bits per heavy atom. The van der Waals surface area contributed by atoms with Gasteiger partial charge in [0.1, 0.15) is 0 Å². The van der Waals surface area contributed by atoms with E-state index in [-0.39, 0.29) is 0 Å². The molecule has 0 spiro atoms. The summed E-state index contributed by atoms with van der Waals surface area (Å²) in [5, 5.41) is 0. The molecular weight excluding hydrogens is 404 g/mol. The normalized spacial score (nSPS) is 11.5. The standard InChI is InChI=1S/C31H63O2/c1-3-5-7-9-11-13-15-17-19-21-23-25-28-32-30-27-31-33-29-26-24-22-20-18-16-14-12-10-8-6-4-2/h27H,3-26,28-31H2,1-2H3. The molecule has 0 atom stereocenters. The molecule has 2 heteroatoms. The maximum atomic E-state index is 5.71. The van der Waals surface area contributed by atoms with Crippen LogP contribution in [0.4, 0.5) is 0 Å². The van der Waals surface area contributed by atoms with Gasteiger partial charge in [-0.1, -0.05) is 155 Å². The van der Waals surface area contributed by atoms with Crippen LogP contribution in [0.25, 0.3) is 0 Å². The van der Waals surface area contributed by atoms with Crippen molar-refractivity contribution in [2.45, 2.75) is 168 Å². The SMILES string of the molecule is CCCCCCCCCCCCCCOC[CH]COCCCCCCCCCCCCCC. The number of unbranched alkanes of at least 4 members (excludes halogenated alkanes) is 22. The van der Waals surface area contributed by atoms with Crippen LogP contribution < -0.4 is 0 Å². The van der Waals surface area contributed by atoms with E-state index < -0.39 is 0 Å². The van der Waals surface area contributed by atoms with Crippen molar-refractivity contribution >= 4 is 0 Å². The van der Waals surface area contributed by atoms with E-state index in [4.69, 9.17) is 9.47 Å². The van der Waals surface area contributed by atoms with Crippen LogP contribution in [-0.4, -0.2) is 26.4 Å². The maximum Gasteiger partial charge on any atom is 0.0520 e. The third-order valence-corrected chi connectivity index (χ3v) is 6.76. The Labute approximate surface area is 210 Å². The van der Waals surface area contributed by atoms with Crippen LogP contribution in [0.1, 0.15) is 168 Å². The van der Waals surface area contributed by atoms with Gasteiger partial charge < -0.3 is 9.47 Å². The molecule has 0 aliphatic carbocycles. The second-order valence-electron chi connectivity index (χ2n) is 10.2. The van der Waals surface area contributed by atoms with Crippen molar-refractivity contribution in [2.75, 3.05) is 26.4 Å². The molecule has 0 aromatic rings. The van der Waals surface area contributed by atoms with Gasteiger partial charge in [-0.15, -0.1) is 0 Å². The maximum absolute atomic E-state index is 5.71. The van der Waals surface area contributed by atoms with Gasteiger partial charge in [-0.25, -0.2) is 0 Å². The van der Waals surface area contributed by atoms with Gasteiger partial charge in [-0.3, -0.25) is 0 Å². The first-order valence-corrected chi connectivity index (χ1v) is 15.4. The average molecular weight is 468 g/mol. The minimum Gasteiger partial charge on any atom is -0.381 e. The summed E-state index contributed by atoms with van der Waals surface area (Å²) in [5.74, 6) is 0. The predicted octanol–water partition coefficient (Wildman–Crippen LogP) is 10.6. The molecule has 2 nitrogen and oxygen atoms in total. The highest BCUT2D eigenvalue weighted by Crippen LogP contribution is 2.13. The Kier molecular flexibility index (Phi) is 31.8. The first kappa shape index (κ1) is 32.9. The quantitative estimate of drug-likeness (QED) is 0.0978. The van der Waals surface area contributed by atoms with Gasteiger partial charge in [0.2, 0.25) is 0 Å². The second kappa shape index (κ2) is 31.9. The van der Waals surface area contributed by atoms with E-state index in [0.717, 1.165) is 26.4 Å². The van der Waals surface area contributed by atoms with Crippen LogP contribution in [0.15, 0.2) is 0 Å². The smallest absolute Gasteiger partial charge is 0.0520 e. The third-order valence-electron chi connectivity index (χ3n) is 6.76. The molecule has 33 heavy (non-hydrogen) atoms. The summed E-state index contributed by atoms with van der Waals surface area (Å²) in [7, 11) is 0. The lowest BCUT2D eigenvalue weighted by Crippen LogP contribution is -2.04. The van der Waals surface area contributed by atoms with E-state index in [9.17, 15) is 0 Å². The van der Waals surface area contributed by atoms with E-state index in [2.05, 4.69) is 20.3 Å². The Bertz CT molecular complexity index is 288. The number of ether oxygens (including phenoxy) is 2. The lowest BCUT2D eigenvalue weighted by molar-refractivity contribution is 0.111. The summed E-state index contributed by atoms with van der Waals surface area (Å²) in [6.07, 6.45) is 35.7. The van der Waals surface area contributed by atoms with Crippen LogP contribution in [0.3, 0.4) is 0 Å². The zero-order valence-corrected chi connectivity index (χ0v) is 23.2. The molecule has 0 fully saturated rings. The van der Waals surface area contributed by atoms with Crippen molar-refractivity contribution in [3.63, 3.8) is 0 Å². The molecular formula is C31H63O2. The lowest BCUT2D eigenvalue weighted by Gasteiger charge is -2.06. The second-order valence-corrected chi connectivity index (χ2v) is 10.2. The van der Waals surface area contributed by atoms with Gasteiger partial charge in [0.05, 0.1) is 13.2 Å². The largest absolute Gasteiger partial charge is 0.381 e. The third kappa shape index (κ3) is 31.9. The van der Waals surface area contributed by atoms with Gasteiger partial charge in [0.15, 0.2) is 0 Å². The minimum atomic E-state index is 0.747. The predicted molar refractivity (Wildman–Crippen MR) is 148 cm³/mol. The molecule has 0 amide bonds. The molecule has 1 radical (unpaired) electrons. The first-order chi connectivity index (χ1) is 16.4. The summed E-state index contributed by atoms with van der Waals surface area (Å²) >= 11 is 0. The fraction of sp³-hybridized carbons (Fsp3) is 0.968. The summed E-state index contributed by atoms with van der Waals surface area (Å²) in [6.45, 7) is 7.89. The highest BCUT2D eigenvalue weighted by molar-refractivity contribution is 4.61. The van der Waals surface area contributed by atoms with Crippen molar-refractivity contribution in [1.29, 1.82) is 0 Å². The summed E-state index contributed by atoms with van der Waals surface area (Å²) in [6, 6.07) is 0. The highest BCUT2D eigenvalue weighted by Gasteiger charge is 1.96. The van der Waals surface area contributed by atoms with Gasteiger partial charge in [0.25, 0.3) is 0 Å². The summed E-state index contributed by atoms with van der Waals surface area (Å²) in [4.78, 5) is 0. The molecule has 0 aromatic carbocycles. The Morgan fingerprint density at radius 3 is 0.848 bits per heavy atom. The van der Waals surface area contributed by atoms with E-state index in [1.807, 2.05) is 0 Å². The van der Waals surface area contributed by atoms with Crippen LogP contribution in [0.5, 0.6) is 0 Å². The Morgan fingerprint density at radius 1 is 0.333 bits per heavy atom. The fourth-order valence-corrected chi connectivity index (χ4v) is 4.47. The van der Waals surface area contributed by atoms with Crippen LogP contribution in [0.2, 0.25) is 0 Å².